The van der Waals surface area contributed by atoms with Crippen LogP contribution in [-0.2, 0) is 11.3 Å². The monoisotopic (exact) mass is 302 g/mol. The van der Waals surface area contributed by atoms with Crippen LogP contribution >= 0.6 is 11.3 Å². The van der Waals surface area contributed by atoms with Crippen LogP contribution in [0, 0.1) is 0 Å². The molecule has 1 aliphatic rings. The quantitative estimate of drug-likeness (QED) is 0.834. The van der Waals surface area contributed by atoms with E-state index >= 15 is 0 Å². The molecule has 0 saturated heterocycles. The summed E-state index contributed by atoms with van der Waals surface area (Å²) in [6.07, 6.45) is 2.66. The maximum Gasteiger partial charge on any atom is 0.122 e. The van der Waals surface area contributed by atoms with Crippen LogP contribution in [-0.4, -0.2) is 17.6 Å². The van der Waals surface area contributed by atoms with Gasteiger partial charge in [0.25, 0.3) is 0 Å². The topological polar surface area (TPSA) is 34.1 Å². The van der Waals surface area contributed by atoms with E-state index in [9.17, 15) is 0 Å². The van der Waals surface area contributed by atoms with E-state index in [2.05, 4.69) is 42.6 Å². The number of thiazole rings is 1. The lowest BCUT2D eigenvalue weighted by atomic mass is 10.1. The number of ether oxygens (including phenoxy) is 1. The van der Waals surface area contributed by atoms with Gasteiger partial charge in [-0.15, -0.1) is 11.3 Å². The van der Waals surface area contributed by atoms with Gasteiger partial charge in [0.1, 0.15) is 11.1 Å². The van der Waals surface area contributed by atoms with Crippen LogP contribution in [0.2, 0.25) is 0 Å². The van der Waals surface area contributed by atoms with Crippen molar-refractivity contribution < 1.29 is 4.74 Å². The first-order valence-corrected chi connectivity index (χ1v) is 8.49. The van der Waals surface area contributed by atoms with Gasteiger partial charge in [-0.3, -0.25) is 0 Å². The zero-order valence-corrected chi connectivity index (χ0v) is 13.5. The molecule has 1 atom stereocenters. The van der Waals surface area contributed by atoms with Crippen LogP contribution in [0.1, 0.15) is 43.5 Å². The van der Waals surface area contributed by atoms with Gasteiger partial charge in [0, 0.05) is 19.2 Å². The molecule has 1 fully saturated rings. The van der Waals surface area contributed by atoms with Crippen LogP contribution < -0.4 is 5.32 Å². The Hall–Kier alpha value is -1.23. The lowest BCUT2D eigenvalue weighted by Crippen LogP contribution is -2.16. The van der Waals surface area contributed by atoms with Crippen LogP contribution in [0.3, 0.4) is 0 Å². The maximum absolute atomic E-state index is 5.70. The zero-order chi connectivity index (χ0) is 14.7. The van der Waals surface area contributed by atoms with Crippen molar-refractivity contribution in [2.45, 2.75) is 45.4 Å². The Morgan fingerprint density at radius 1 is 1.33 bits per heavy atom. The smallest absolute Gasteiger partial charge is 0.122 e. The van der Waals surface area contributed by atoms with Gasteiger partial charge in [-0.05, 0) is 32.3 Å². The van der Waals surface area contributed by atoms with E-state index in [1.54, 1.807) is 11.3 Å². The van der Waals surface area contributed by atoms with E-state index in [0.29, 0.717) is 6.04 Å². The highest BCUT2D eigenvalue weighted by atomic mass is 32.1. The molecule has 2 aromatic rings. The van der Waals surface area contributed by atoms with Crippen molar-refractivity contribution in [3.63, 3.8) is 0 Å². The fourth-order valence-corrected chi connectivity index (χ4v) is 3.42. The molecule has 0 amide bonds. The predicted molar refractivity (Wildman–Crippen MR) is 87.5 cm³/mol. The lowest BCUT2D eigenvalue weighted by molar-refractivity contribution is 0.0761. The highest BCUT2D eigenvalue weighted by molar-refractivity contribution is 7.15. The van der Waals surface area contributed by atoms with Crippen molar-refractivity contribution in [2.75, 3.05) is 6.61 Å². The minimum Gasteiger partial charge on any atom is -0.372 e. The molecule has 1 aromatic carbocycles. The van der Waals surface area contributed by atoms with E-state index in [1.165, 1.54) is 23.3 Å². The molecule has 1 saturated carbocycles. The molecule has 1 N–H and O–H groups in total. The fourth-order valence-electron chi connectivity index (χ4n) is 2.33. The van der Waals surface area contributed by atoms with Crippen molar-refractivity contribution in [2.24, 2.45) is 0 Å². The molecular formula is C17H22N2OS. The van der Waals surface area contributed by atoms with E-state index in [0.717, 1.165) is 23.9 Å². The van der Waals surface area contributed by atoms with Gasteiger partial charge in [0.15, 0.2) is 0 Å². The van der Waals surface area contributed by atoms with Gasteiger partial charge < -0.3 is 10.1 Å². The van der Waals surface area contributed by atoms with Gasteiger partial charge in [-0.2, -0.15) is 0 Å². The second kappa shape index (κ2) is 6.69. The largest absolute Gasteiger partial charge is 0.372 e. The molecule has 4 heteroatoms. The van der Waals surface area contributed by atoms with Gasteiger partial charge in [-0.1, -0.05) is 30.3 Å². The SMILES string of the molecule is CCOC(C)c1nc(CNC2CC2)c(-c2ccccc2)s1. The average molecular weight is 302 g/mol. The first kappa shape index (κ1) is 14.7. The second-order valence-electron chi connectivity index (χ2n) is 5.45. The summed E-state index contributed by atoms with van der Waals surface area (Å²) in [6, 6.07) is 11.2. The van der Waals surface area contributed by atoms with Crippen molar-refractivity contribution in [1.29, 1.82) is 0 Å². The molecular weight excluding hydrogens is 280 g/mol. The summed E-state index contributed by atoms with van der Waals surface area (Å²) in [7, 11) is 0. The summed E-state index contributed by atoms with van der Waals surface area (Å²) >= 11 is 1.76. The Balaban J connectivity index is 1.87. The average Bonchev–Trinajstić information content (AvgIpc) is 3.24. The Kier molecular flexibility index (Phi) is 4.68. The molecule has 0 bridgehead atoms. The normalized spacial score (nSPS) is 16.1. The molecule has 1 unspecified atom stereocenters. The molecule has 3 rings (SSSR count). The van der Waals surface area contributed by atoms with Crippen LogP contribution in [0.5, 0.6) is 0 Å². The Morgan fingerprint density at radius 2 is 2.10 bits per heavy atom. The number of benzene rings is 1. The second-order valence-corrected chi connectivity index (χ2v) is 6.48. The maximum atomic E-state index is 5.70. The predicted octanol–water partition coefficient (Wildman–Crippen LogP) is 4.16. The fraction of sp³-hybridized carbons (Fsp3) is 0.471. The van der Waals surface area contributed by atoms with Crippen molar-refractivity contribution >= 4 is 11.3 Å². The Labute approximate surface area is 130 Å². The van der Waals surface area contributed by atoms with Gasteiger partial charge >= 0.3 is 0 Å². The zero-order valence-electron chi connectivity index (χ0n) is 12.6. The lowest BCUT2D eigenvalue weighted by Gasteiger charge is -2.06. The van der Waals surface area contributed by atoms with Gasteiger partial charge in [-0.25, -0.2) is 4.98 Å². The summed E-state index contributed by atoms with van der Waals surface area (Å²) in [5, 5.41) is 4.64. The van der Waals surface area contributed by atoms with Crippen molar-refractivity contribution in [1.82, 2.24) is 10.3 Å². The number of hydrogen-bond donors (Lipinski definition) is 1. The number of nitrogens with one attached hydrogen (secondary N) is 1. The minimum absolute atomic E-state index is 0.0668. The molecule has 1 heterocycles. The van der Waals surface area contributed by atoms with Gasteiger partial charge in [0.2, 0.25) is 0 Å². The third kappa shape index (κ3) is 3.70. The summed E-state index contributed by atoms with van der Waals surface area (Å²) in [6.45, 7) is 5.67. The molecule has 0 spiro atoms. The van der Waals surface area contributed by atoms with E-state index in [-0.39, 0.29) is 6.10 Å². The Morgan fingerprint density at radius 3 is 2.76 bits per heavy atom. The third-order valence-corrected chi connectivity index (χ3v) is 4.96. The Bertz CT molecular complexity index is 578. The number of nitrogens with zero attached hydrogens (tertiary/aromatic N) is 1. The third-order valence-electron chi connectivity index (χ3n) is 3.65. The highest BCUT2D eigenvalue weighted by Gasteiger charge is 2.23. The van der Waals surface area contributed by atoms with E-state index < -0.39 is 0 Å². The van der Waals surface area contributed by atoms with E-state index in [1.807, 2.05) is 6.92 Å². The van der Waals surface area contributed by atoms with Crippen LogP contribution in [0.25, 0.3) is 10.4 Å². The molecule has 0 aliphatic heterocycles. The van der Waals surface area contributed by atoms with Gasteiger partial charge in [0.05, 0.1) is 10.6 Å². The summed E-state index contributed by atoms with van der Waals surface area (Å²) in [5.74, 6) is 0. The molecule has 112 valence electrons. The van der Waals surface area contributed by atoms with Crippen LogP contribution in [0.4, 0.5) is 0 Å². The molecule has 0 radical (unpaired) electrons. The number of aromatic nitrogens is 1. The minimum atomic E-state index is 0.0668. The summed E-state index contributed by atoms with van der Waals surface area (Å²) in [5.41, 5.74) is 2.40. The molecule has 21 heavy (non-hydrogen) atoms. The van der Waals surface area contributed by atoms with Crippen molar-refractivity contribution in [3.8, 4) is 10.4 Å². The highest BCUT2D eigenvalue weighted by Crippen LogP contribution is 2.34. The summed E-state index contributed by atoms with van der Waals surface area (Å²) < 4.78 is 5.70. The van der Waals surface area contributed by atoms with E-state index in [4.69, 9.17) is 9.72 Å². The first-order chi connectivity index (χ1) is 10.3. The van der Waals surface area contributed by atoms with Crippen LogP contribution in [0.15, 0.2) is 30.3 Å². The molecule has 1 aromatic heterocycles. The molecule has 3 nitrogen and oxygen atoms in total. The number of hydrogen-bond acceptors (Lipinski definition) is 4. The first-order valence-electron chi connectivity index (χ1n) is 7.68. The van der Waals surface area contributed by atoms with Crippen molar-refractivity contribution in [3.05, 3.63) is 41.0 Å². The molecule has 1 aliphatic carbocycles. The summed E-state index contributed by atoms with van der Waals surface area (Å²) in [4.78, 5) is 6.10. The standard InChI is InChI=1S/C17H22N2OS/c1-3-20-12(2)17-19-15(11-18-14-9-10-14)16(21-17)13-7-5-4-6-8-13/h4-8,12,14,18H,3,9-11H2,1-2H3. The number of rotatable bonds is 7.